The molecule has 3 amide bonds. The number of hydrogen-bond donors (Lipinski definition) is 2. The van der Waals surface area contributed by atoms with E-state index in [0.29, 0.717) is 19.1 Å². The van der Waals surface area contributed by atoms with Crippen LogP contribution in [0.2, 0.25) is 0 Å². The third-order valence-electron chi connectivity index (χ3n) is 5.72. The minimum Gasteiger partial charge on any atom is -0.369 e. The first-order valence-electron chi connectivity index (χ1n) is 10.4. The molecule has 2 aliphatic heterocycles. The Morgan fingerprint density at radius 2 is 1.82 bits per heavy atom. The Morgan fingerprint density at radius 1 is 1.11 bits per heavy atom. The zero-order valence-corrected chi connectivity index (χ0v) is 17.1. The van der Waals surface area contributed by atoms with Crippen molar-refractivity contribution in [1.82, 2.24) is 20.4 Å². The van der Waals surface area contributed by atoms with Crippen LogP contribution in [0.5, 0.6) is 0 Å². The zero-order valence-electron chi connectivity index (χ0n) is 17.1. The number of carbonyl (C=O) groups excluding carboxylic acids is 2. The number of urea groups is 1. The Labute approximate surface area is 168 Å². The number of nitrogens with zero attached hydrogens (tertiary/aromatic N) is 3. The van der Waals surface area contributed by atoms with Gasteiger partial charge < -0.3 is 20.4 Å². The summed E-state index contributed by atoms with van der Waals surface area (Å²) in [6.07, 6.45) is 1.86. The number of hydrogen-bond acceptors (Lipinski definition) is 4. The average molecular weight is 388 g/mol. The van der Waals surface area contributed by atoms with Crippen molar-refractivity contribution in [1.29, 1.82) is 0 Å². The fraction of sp³-hybridized carbons (Fsp3) is 0.619. The van der Waals surface area contributed by atoms with Gasteiger partial charge in [0.15, 0.2) is 0 Å². The topological polar surface area (TPSA) is 67.9 Å². The molecule has 28 heavy (non-hydrogen) atoms. The fourth-order valence-electron chi connectivity index (χ4n) is 4.10. The van der Waals surface area contributed by atoms with Gasteiger partial charge in [0.05, 0.1) is 0 Å². The van der Waals surface area contributed by atoms with E-state index < -0.39 is 0 Å². The van der Waals surface area contributed by atoms with E-state index in [2.05, 4.69) is 51.6 Å². The first kappa shape index (κ1) is 20.5. The summed E-state index contributed by atoms with van der Waals surface area (Å²) in [6.45, 7) is 9.71. The van der Waals surface area contributed by atoms with Crippen molar-refractivity contribution in [3.05, 3.63) is 30.3 Å². The van der Waals surface area contributed by atoms with Gasteiger partial charge in [-0.3, -0.25) is 9.69 Å². The molecule has 0 bridgehead atoms. The second kappa shape index (κ2) is 9.78. The summed E-state index contributed by atoms with van der Waals surface area (Å²) in [5, 5.41) is 6.01. The Kier molecular flexibility index (Phi) is 7.14. The highest BCUT2D eigenvalue weighted by atomic mass is 16.2. The smallest absolute Gasteiger partial charge is 0.317 e. The molecule has 0 aliphatic carbocycles. The molecule has 7 nitrogen and oxygen atoms in total. The molecule has 0 aromatic heterocycles. The van der Waals surface area contributed by atoms with E-state index in [-0.39, 0.29) is 18.0 Å². The van der Waals surface area contributed by atoms with Crippen LogP contribution in [0.25, 0.3) is 0 Å². The van der Waals surface area contributed by atoms with Crippen molar-refractivity contribution in [2.45, 2.75) is 38.8 Å². The van der Waals surface area contributed by atoms with E-state index in [1.807, 2.05) is 11.0 Å². The van der Waals surface area contributed by atoms with E-state index in [1.165, 1.54) is 12.6 Å². The van der Waals surface area contributed by atoms with Crippen molar-refractivity contribution in [2.24, 2.45) is 0 Å². The number of amides is 3. The van der Waals surface area contributed by atoms with Crippen LogP contribution in [0.1, 0.15) is 26.7 Å². The fourth-order valence-corrected chi connectivity index (χ4v) is 4.10. The van der Waals surface area contributed by atoms with E-state index in [1.54, 1.807) is 0 Å². The third-order valence-corrected chi connectivity index (χ3v) is 5.72. The van der Waals surface area contributed by atoms with Gasteiger partial charge in [-0.2, -0.15) is 0 Å². The first-order valence-corrected chi connectivity index (χ1v) is 10.4. The van der Waals surface area contributed by atoms with E-state index >= 15 is 0 Å². The van der Waals surface area contributed by atoms with Gasteiger partial charge in [-0.15, -0.1) is 0 Å². The molecule has 2 unspecified atom stereocenters. The monoisotopic (exact) mass is 387 g/mol. The van der Waals surface area contributed by atoms with Gasteiger partial charge in [-0.25, -0.2) is 4.79 Å². The van der Waals surface area contributed by atoms with Gasteiger partial charge >= 0.3 is 6.03 Å². The Bertz CT molecular complexity index is 645. The number of benzene rings is 1. The molecule has 7 heteroatoms. The predicted octanol–water partition coefficient (Wildman–Crippen LogP) is 1.51. The molecule has 2 N–H and O–H groups in total. The molecule has 3 rings (SSSR count). The van der Waals surface area contributed by atoms with Crippen LogP contribution in [-0.4, -0.2) is 79.6 Å². The highest BCUT2D eigenvalue weighted by molar-refractivity contribution is 5.75. The van der Waals surface area contributed by atoms with Gasteiger partial charge in [-0.05, 0) is 31.9 Å². The number of piperidine rings is 1. The SMILES string of the molecule is CC(=O)NC1CCCN(C(=O)NCC(C)N2CCN(c3ccccc3)CC2)C1. The lowest BCUT2D eigenvalue weighted by Crippen LogP contribution is -2.55. The molecule has 2 saturated heterocycles. The lowest BCUT2D eigenvalue weighted by atomic mass is 10.1. The Balaban J connectivity index is 1.40. The second-order valence-corrected chi connectivity index (χ2v) is 7.88. The van der Waals surface area contributed by atoms with Crippen LogP contribution in [-0.2, 0) is 4.79 Å². The summed E-state index contributed by atoms with van der Waals surface area (Å²) in [7, 11) is 0. The first-order chi connectivity index (χ1) is 13.5. The van der Waals surface area contributed by atoms with Gasteiger partial charge in [-0.1, -0.05) is 18.2 Å². The molecule has 1 aromatic rings. The number of nitrogens with one attached hydrogen (secondary N) is 2. The zero-order chi connectivity index (χ0) is 19.9. The van der Waals surface area contributed by atoms with Crippen molar-refractivity contribution >= 4 is 17.6 Å². The van der Waals surface area contributed by atoms with Crippen LogP contribution >= 0.6 is 0 Å². The molecule has 0 radical (unpaired) electrons. The lowest BCUT2D eigenvalue weighted by Gasteiger charge is -2.39. The summed E-state index contributed by atoms with van der Waals surface area (Å²) < 4.78 is 0. The number of carbonyl (C=O) groups is 2. The Hall–Kier alpha value is -2.28. The van der Waals surface area contributed by atoms with Crippen LogP contribution in [0.3, 0.4) is 0 Å². The predicted molar refractivity (Wildman–Crippen MR) is 112 cm³/mol. The Morgan fingerprint density at radius 3 is 2.50 bits per heavy atom. The normalized spacial score (nSPS) is 21.9. The highest BCUT2D eigenvalue weighted by Crippen LogP contribution is 2.16. The van der Waals surface area contributed by atoms with Crippen molar-refractivity contribution in [3.8, 4) is 0 Å². The minimum absolute atomic E-state index is 0.0233. The second-order valence-electron chi connectivity index (χ2n) is 7.88. The molecule has 0 spiro atoms. The molecular formula is C21H33N5O2. The summed E-state index contributed by atoms with van der Waals surface area (Å²) in [5.41, 5.74) is 1.28. The van der Waals surface area contributed by atoms with E-state index in [0.717, 1.165) is 45.6 Å². The molecule has 2 atom stereocenters. The number of anilines is 1. The van der Waals surface area contributed by atoms with E-state index in [4.69, 9.17) is 0 Å². The molecule has 2 fully saturated rings. The van der Waals surface area contributed by atoms with Crippen molar-refractivity contribution < 1.29 is 9.59 Å². The quantitative estimate of drug-likeness (QED) is 0.804. The third kappa shape index (κ3) is 5.61. The van der Waals surface area contributed by atoms with Crippen LogP contribution in [0.4, 0.5) is 10.5 Å². The number of piperazine rings is 1. The molecule has 2 heterocycles. The standard InChI is InChI=1S/C21H33N5O2/c1-17(24-11-13-25(14-12-24)20-8-4-3-5-9-20)15-22-21(28)26-10-6-7-19(16-26)23-18(2)27/h3-5,8-9,17,19H,6-7,10-16H2,1-2H3,(H,22,28)(H,23,27). The maximum absolute atomic E-state index is 12.5. The van der Waals surface area contributed by atoms with Crippen molar-refractivity contribution in [2.75, 3.05) is 50.7 Å². The lowest BCUT2D eigenvalue weighted by molar-refractivity contribution is -0.119. The highest BCUT2D eigenvalue weighted by Gasteiger charge is 2.25. The van der Waals surface area contributed by atoms with Crippen molar-refractivity contribution in [3.63, 3.8) is 0 Å². The summed E-state index contributed by atoms with van der Waals surface area (Å²) in [5.74, 6) is -0.0319. The van der Waals surface area contributed by atoms with Crippen LogP contribution in [0, 0.1) is 0 Å². The molecule has 2 aliphatic rings. The van der Waals surface area contributed by atoms with Gasteiger partial charge in [0.1, 0.15) is 0 Å². The van der Waals surface area contributed by atoms with Gasteiger partial charge in [0.2, 0.25) is 5.91 Å². The maximum atomic E-state index is 12.5. The number of para-hydroxylation sites is 1. The van der Waals surface area contributed by atoms with Gasteiger partial charge in [0.25, 0.3) is 0 Å². The number of rotatable bonds is 5. The van der Waals surface area contributed by atoms with Crippen LogP contribution in [0.15, 0.2) is 30.3 Å². The van der Waals surface area contributed by atoms with Crippen LogP contribution < -0.4 is 15.5 Å². The summed E-state index contributed by atoms with van der Waals surface area (Å²) >= 11 is 0. The molecule has 1 aromatic carbocycles. The maximum Gasteiger partial charge on any atom is 0.317 e. The number of likely N-dealkylation sites (tertiary alicyclic amines) is 1. The molecular weight excluding hydrogens is 354 g/mol. The largest absolute Gasteiger partial charge is 0.369 e. The van der Waals surface area contributed by atoms with Gasteiger partial charge in [0, 0.05) is 70.5 Å². The minimum atomic E-state index is -0.0319. The molecule has 154 valence electrons. The molecule has 0 saturated carbocycles. The average Bonchev–Trinajstić information content (AvgIpc) is 2.72. The van der Waals surface area contributed by atoms with E-state index in [9.17, 15) is 9.59 Å². The summed E-state index contributed by atoms with van der Waals surface area (Å²) in [6, 6.07) is 10.9. The summed E-state index contributed by atoms with van der Waals surface area (Å²) in [4.78, 5) is 30.5.